The molecule has 0 aromatic rings. The molecule has 1 aliphatic heterocycles. The fraction of sp³-hybridized carbons (Fsp3) is 0.933. The van der Waals surface area contributed by atoms with Crippen molar-refractivity contribution < 1.29 is 18.8 Å². The van der Waals surface area contributed by atoms with E-state index in [2.05, 4.69) is 0 Å². The molecule has 0 saturated carbocycles. The molecule has 118 valence electrons. The maximum Gasteiger partial charge on any atom is 0.458 e. The predicted molar refractivity (Wildman–Crippen MR) is 82.7 cm³/mol. The lowest BCUT2D eigenvalue weighted by atomic mass is 9.83. The van der Waals surface area contributed by atoms with Crippen molar-refractivity contribution in [2.45, 2.75) is 91.9 Å². The first-order valence-corrected chi connectivity index (χ1v) is 7.50. The van der Waals surface area contributed by atoms with E-state index in [1.165, 1.54) is 0 Å². The lowest BCUT2D eigenvalue weighted by Crippen LogP contribution is -2.41. The molecule has 20 heavy (non-hydrogen) atoms. The quantitative estimate of drug-likeness (QED) is 0.584. The number of carbonyl (C=O) groups excluding carboxylic acids is 1. The van der Waals surface area contributed by atoms with Gasteiger partial charge < -0.3 is 14.0 Å². The highest BCUT2D eigenvalue weighted by molar-refractivity contribution is 6.45. The van der Waals surface area contributed by atoms with Crippen LogP contribution in [0, 0.1) is 0 Å². The van der Waals surface area contributed by atoms with Crippen LogP contribution in [0.15, 0.2) is 0 Å². The van der Waals surface area contributed by atoms with Crippen LogP contribution in [0.1, 0.15) is 68.7 Å². The molecular formula is C15H31BO4. The average Bonchev–Trinajstić information content (AvgIpc) is 2.45. The fourth-order valence-electron chi connectivity index (χ4n) is 1.71. The standard InChI is InChI=1S/C13H25BO4.C2H6/c1-11(2,3)16-10(15)8-9-14-17-12(4,5)13(6,7)18-14;1-2/h8-9H2,1-7H3;1-2H3. The number of hydrogen-bond donors (Lipinski definition) is 0. The van der Waals surface area contributed by atoms with Gasteiger partial charge >= 0.3 is 13.1 Å². The number of carbonyl (C=O) groups is 1. The van der Waals surface area contributed by atoms with Crippen molar-refractivity contribution in [3.63, 3.8) is 0 Å². The Kier molecular flexibility index (Phi) is 6.76. The molecule has 0 bridgehead atoms. The minimum Gasteiger partial charge on any atom is -0.460 e. The van der Waals surface area contributed by atoms with E-state index in [9.17, 15) is 4.79 Å². The molecule has 4 nitrogen and oxygen atoms in total. The first-order valence-electron chi connectivity index (χ1n) is 7.50. The highest BCUT2D eigenvalue weighted by atomic mass is 16.7. The summed E-state index contributed by atoms with van der Waals surface area (Å²) in [7, 11) is -0.331. The maximum atomic E-state index is 11.6. The number of hydrogen-bond acceptors (Lipinski definition) is 4. The SMILES string of the molecule is CC.CC(C)(C)OC(=O)CCB1OC(C)(C)C(C)(C)O1. The topological polar surface area (TPSA) is 44.8 Å². The van der Waals surface area contributed by atoms with Crippen LogP contribution in [0.3, 0.4) is 0 Å². The molecule has 1 heterocycles. The second-order valence-corrected chi connectivity index (χ2v) is 6.81. The van der Waals surface area contributed by atoms with E-state index in [1.807, 2.05) is 62.3 Å². The van der Waals surface area contributed by atoms with E-state index in [-0.39, 0.29) is 24.3 Å². The van der Waals surface area contributed by atoms with Crippen LogP contribution in [0.25, 0.3) is 0 Å². The van der Waals surface area contributed by atoms with Gasteiger partial charge in [-0.05, 0) is 54.8 Å². The van der Waals surface area contributed by atoms with Crippen molar-refractivity contribution in [1.29, 1.82) is 0 Å². The Balaban J connectivity index is 0.00000172. The molecule has 0 unspecified atom stereocenters. The van der Waals surface area contributed by atoms with Crippen molar-refractivity contribution in [2.24, 2.45) is 0 Å². The Bertz CT molecular complexity index is 302. The maximum absolute atomic E-state index is 11.6. The van der Waals surface area contributed by atoms with Gasteiger partial charge in [0.15, 0.2) is 0 Å². The molecule has 0 spiro atoms. The van der Waals surface area contributed by atoms with E-state index < -0.39 is 5.60 Å². The van der Waals surface area contributed by atoms with E-state index >= 15 is 0 Å². The van der Waals surface area contributed by atoms with Crippen LogP contribution in [0.5, 0.6) is 0 Å². The highest BCUT2D eigenvalue weighted by Crippen LogP contribution is 2.37. The van der Waals surface area contributed by atoms with Gasteiger partial charge in [0, 0.05) is 6.42 Å². The van der Waals surface area contributed by atoms with E-state index in [1.54, 1.807) is 0 Å². The summed E-state index contributed by atoms with van der Waals surface area (Å²) < 4.78 is 16.9. The van der Waals surface area contributed by atoms with Crippen LogP contribution < -0.4 is 0 Å². The van der Waals surface area contributed by atoms with Crippen molar-refractivity contribution in [3.05, 3.63) is 0 Å². The number of ether oxygens (including phenoxy) is 1. The summed E-state index contributed by atoms with van der Waals surface area (Å²) in [4.78, 5) is 11.6. The third kappa shape index (κ3) is 5.84. The van der Waals surface area contributed by atoms with Crippen molar-refractivity contribution in [1.82, 2.24) is 0 Å². The number of rotatable bonds is 3. The van der Waals surface area contributed by atoms with Gasteiger partial charge in [0.1, 0.15) is 5.60 Å². The second kappa shape index (κ2) is 6.94. The average molecular weight is 286 g/mol. The molecule has 0 atom stereocenters. The molecule has 0 aromatic carbocycles. The minimum absolute atomic E-state index is 0.211. The number of esters is 1. The van der Waals surface area contributed by atoms with E-state index in [0.29, 0.717) is 12.7 Å². The van der Waals surface area contributed by atoms with Crippen LogP contribution in [0.2, 0.25) is 6.32 Å². The largest absolute Gasteiger partial charge is 0.460 e. The molecule has 0 N–H and O–H groups in total. The summed E-state index contributed by atoms with van der Waals surface area (Å²) in [6.45, 7) is 17.6. The van der Waals surface area contributed by atoms with Crippen molar-refractivity contribution >= 4 is 13.1 Å². The van der Waals surface area contributed by atoms with Gasteiger partial charge in [-0.2, -0.15) is 0 Å². The van der Waals surface area contributed by atoms with Crippen LogP contribution in [-0.4, -0.2) is 29.9 Å². The molecule has 0 aromatic heterocycles. The van der Waals surface area contributed by atoms with E-state index in [0.717, 1.165) is 0 Å². The molecule has 0 aliphatic carbocycles. The molecule has 1 saturated heterocycles. The first kappa shape index (κ1) is 19.5. The third-order valence-corrected chi connectivity index (χ3v) is 3.31. The lowest BCUT2D eigenvalue weighted by molar-refractivity contribution is -0.154. The monoisotopic (exact) mass is 286 g/mol. The predicted octanol–water partition coefficient (Wildman–Crippen LogP) is 3.84. The molecular weight excluding hydrogens is 255 g/mol. The minimum atomic E-state index is -0.437. The zero-order chi connectivity index (χ0) is 16.2. The molecule has 1 rings (SSSR count). The Hall–Kier alpha value is -0.545. The summed E-state index contributed by atoms with van der Waals surface area (Å²) in [5.41, 5.74) is -1.12. The summed E-state index contributed by atoms with van der Waals surface area (Å²) in [5.74, 6) is -0.211. The van der Waals surface area contributed by atoms with Crippen LogP contribution in [0.4, 0.5) is 0 Å². The van der Waals surface area contributed by atoms with Crippen LogP contribution in [-0.2, 0) is 18.8 Å². The summed E-state index contributed by atoms with van der Waals surface area (Å²) in [5, 5.41) is 0. The van der Waals surface area contributed by atoms with Gasteiger partial charge in [0.05, 0.1) is 11.2 Å². The van der Waals surface area contributed by atoms with Gasteiger partial charge in [-0.25, -0.2) is 0 Å². The molecule has 0 radical (unpaired) electrons. The van der Waals surface area contributed by atoms with E-state index in [4.69, 9.17) is 14.0 Å². The van der Waals surface area contributed by atoms with Crippen LogP contribution >= 0.6 is 0 Å². The molecule has 1 aliphatic rings. The fourth-order valence-corrected chi connectivity index (χ4v) is 1.71. The Morgan fingerprint density at radius 3 is 1.80 bits per heavy atom. The zero-order valence-electron chi connectivity index (χ0n) is 14.6. The van der Waals surface area contributed by atoms with Gasteiger partial charge in [0.2, 0.25) is 0 Å². The zero-order valence-corrected chi connectivity index (χ0v) is 14.6. The molecule has 5 heteroatoms. The lowest BCUT2D eigenvalue weighted by Gasteiger charge is -2.32. The van der Waals surface area contributed by atoms with Gasteiger partial charge in [0.25, 0.3) is 0 Å². The normalized spacial score (nSPS) is 20.1. The Labute approximate surface area is 124 Å². The summed E-state index contributed by atoms with van der Waals surface area (Å²) in [6, 6.07) is 0. The first-order chi connectivity index (χ1) is 8.93. The smallest absolute Gasteiger partial charge is 0.458 e. The summed E-state index contributed by atoms with van der Waals surface area (Å²) >= 11 is 0. The van der Waals surface area contributed by atoms with Crippen molar-refractivity contribution in [3.8, 4) is 0 Å². The Morgan fingerprint density at radius 2 is 1.45 bits per heavy atom. The molecule has 1 fully saturated rings. The van der Waals surface area contributed by atoms with Crippen molar-refractivity contribution in [2.75, 3.05) is 0 Å². The summed E-state index contributed by atoms with van der Waals surface area (Å²) in [6.07, 6.45) is 0.843. The van der Waals surface area contributed by atoms with Gasteiger partial charge in [-0.15, -0.1) is 0 Å². The molecule has 0 amide bonds. The Morgan fingerprint density at radius 1 is 1.05 bits per heavy atom. The third-order valence-electron chi connectivity index (χ3n) is 3.31. The second-order valence-electron chi connectivity index (χ2n) is 6.81. The van der Waals surface area contributed by atoms with Gasteiger partial charge in [-0.1, -0.05) is 13.8 Å². The highest BCUT2D eigenvalue weighted by Gasteiger charge is 2.50. The van der Waals surface area contributed by atoms with Gasteiger partial charge in [-0.3, -0.25) is 4.79 Å².